The Hall–Kier alpha value is -1.85. The van der Waals surface area contributed by atoms with Crippen LogP contribution in [0.15, 0.2) is 12.3 Å². The maximum absolute atomic E-state index is 11.7. The summed E-state index contributed by atoms with van der Waals surface area (Å²) in [5, 5.41) is 12.9. The second-order valence-electron chi connectivity index (χ2n) is 4.95. The predicted molar refractivity (Wildman–Crippen MR) is 64.4 cm³/mol. The van der Waals surface area contributed by atoms with Gasteiger partial charge in [-0.05, 0) is 33.3 Å². The van der Waals surface area contributed by atoms with Gasteiger partial charge < -0.3 is 9.84 Å². The molecule has 0 aliphatic rings. The van der Waals surface area contributed by atoms with Crippen LogP contribution in [0, 0.1) is 0 Å². The van der Waals surface area contributed by atoms with Gasteiger partial charge in [0.2, 0.25) is 0 Å². The van der Waals surface area contributed by atoms with E-state index in [1.165, 1.54) is 16.9 Å². The summed E-state index contributed by atoms with van der Waals surface area (Å²) in [4.78, 5) is 22.7. The number of rotatable bonds is 4. The summed E-state index contributed by atoms with van der Waals surface area (Å²) in [5.41, 5.74) is -0.484. The Morgan fingerprint density at radius 3 is 2.56 bits per heavy atom. The van der Waals surface area contributed by atoms with E-state index < -0.39 is 23.6 Å². The van der Waals surface area contributed by atoms with E-state index in [1.54, 1.807) is 27.7 Å². The molecule has 0 fully saturated rings. The van der Waals surface area contributed by atoms with Gasteiger partial charge in [-0.2, -0.15) is 5.10 Å². The fourth-order valence-electron chi connectivity index (χ4n) is 1.43. The number of esters is 1. The van der Waals surface area contributed by atoms with Crippen molar-refractivity contribution in [3.63, 3.8) is 0 Å². The molecular formula is C12H18N2O4. The smallest absolute Gasteiger partial charge is 0.359 e. The Bertz CT molecular complexity index is 445. The SMILES string of the molecule is CC[C@H](C(=O)O)n1ccc(C(=O)OC(C)(C)C)n1. The number of nitrogens with zero attached hydrogens (tertiary/aromatic N) is 2. The zero-order valence-electron chi connectivity index (χ0n) is 11.0. The minimum absolute atomic E-state index is 0.115. The highest BCUT2D eigenvalue weighted by Gasteiger charge is 2.23. The number of aromatic nitrogens is 2. The molecular weight excluding hydrogens is 236 g/mol. The van der Waals surface area contributed by atoms with Crippen molar-refractivity contribution in [3.05, 3.63) is 18.0 Å². The molecule has 1 aromatic heterocycles. The molecule has 0 saturated carbocycles. The maximum atomic E-state index is 11.7. The van der Waals surface area contributed by atoms with Gasteiger partial charge in [0.05, 0.1) is 0 Å². The maximum Gasteiger partial charge on any atom is 0.359 e. The zero-order chi connectivity index (χ0) is 13.9. The minimum Gasteiger partial charge on any atom is -0.480 e. The molecule has 1 aromatic rings. The Morgan fingerprint density at radius 2 is 2.11 bits per heavy atom. The van der Waals surface area contributed by atoms with Crippen molar-refractivity contribution in [2.75, 3.05) is 0 Å². The summed E-state index contributed by atoms with van der Waals surface area (Å²) < 4.78 is 6.41. The van der Waals surface area contributed by atoms with Gasteiger partial charge >= 0.3 is 11.9 Å². The fraction of sp³-hybridized carbons (Fsp3) is 0.583. The van der Waals surface area contributed by atoms with E-state index in [1.807, 2.05) is 0 Å². The molecule has 1 heterocycles. The summed E-state index contributed by atoms with van der Waals surface area (Å²) in [6, 6.07) is 0.695. The predicted octanol–water partition coefficient (Wildman–Crippen LogP) is 1.87. The molecule has 0 bridgehead atoms. The molecule has 1 N–H and O–H groups in total. The van der Waals surface area contributed by atoms with Crippen LogP contribution >= 0.6 is 0 Å². The average Bonchev–Trinajstić information content (AvgIpc) is 2.64. The largest absolute Gasteiger partial charge is 0.480 e. The summed E-state index contributed by atoms with van der Waals surface area (Å²) in [6.45, 7) is 7.02. The third-order valence-corrected chi connectivity index (χ3v) is 2.21. The summed E-state index contributed by atoms with van der Waals surface area (Å²) in [6.07, 6.45) is 1.87. The topological polar surface area (TPSA) is 81.4 Å². The Labute approximate surface area is 106 Å². The third-order valence-electron chi connectivity index (χ3n) is 2.21. The van der Waals surface area contributed by atoms with Gasteiger partial charge in [0, 0.05) is 6.20 Å². The molecule has 6 nitrogen and oxygen atoms in total. The number of hydrogen-bond donors (Lipinski definition) is 1. The lowest BCUT2D eigenvalue weighted by molar-refractivity contribution is -0.141. The molecule has 0 saturated heterocycles. The highest BCUT2D eigenvalue weighted by atomic mass is 16.6. The number of carbonyl (C=O) groups excluding carboxylic acids is 1. The number of hydrogen-bond acceptors (Lipinski definition) is 4. The first kappa shape index (κ1) is 14.2. The first-order chi connectivity index (χ1) is 8.24. The number of aliphatic carboxylic acids is 1. The van der Waals surface area contributed by atoms with Gasteiger partial charge in [0.25, 0.3) is 0 Å². The normalized spacial score (nSPS) is 13.1. The van der Waals surface area contributed by atoms with Crippen molar-refractivity contribution < 1.29 is 19.4 Å². The number of carbonyl (C=O) groups is 2. The first-order valence-electron chi connectivity index (χ1n) is 5.76. The lowest BCUT2D eigenvalue weighted by Crippen LogP contribution is -2.25. The van der Waals surface area contributed by atoms with Crippen LogP contribution in [0.25, 0.3) is 0 Å². The van der Waals surface area contributed by atoms with Crippen molar-refractivity contribution in [1.29, 1.82) is 0 Å². The third kappa shape index (κ3) is 3.58. The van der Waals surface area contributed by atoms with Crippen LogP contribution < -0.4 is 0 Å². The molecule has 0 spiro atoms. The van der Waals surface area contributed by atoms with Gasteiger partial charge in [-0.15, -0.1) is 0 Å². The molecule has 1 rings (SSSR count). The van der Waals surface area contributed by atoms with Gasteiger partial charge in [0.1, 0.15) is 11.6 Å². The Kier molecular flexibility index (Phi) is 4.11. The van der Waals surface area contributed by atoms with Crippen LogP contribution in [-0.4, -0.2) is 32.4 Å². The van der Waals surface area contributed by atoms with Crippen molar-refractivity contribution in [2.45, 2.75) is 45.8 Å². The lowest BCUT2D eigenvalue weighted by atomic mass is 10.2. The quantitative estimate of drug-likeness (QED) is 0.829. The van der Waals surface area contributed by atoms with Crippen LogP contribution in [-0.2, 0) is 9.53 Å². The molecule has 1 atom stereocenters. The molecule has 18 heavy (non-hydrogen) atoms. The Balaban J connectivity index is 2.86. The van der Waals surface area contributed by atoms with Crippen LogP contribution in [0.2, 0.25) is 0 Å². The Morgan fingerprint density at radius 1 is 1.50 bits per heavy atom. The summed E-state index contributed by atoms with van der Waals surface area (Å²) >= 11 is 0. The second-order valence-corrected chi connectivity index (χ2v) is 4.95. The number of ether oxygens (including phenoxy) is 1. The van der Waals surface area contributed by atoms with E-state index in [0.29, 0.717) is 6.42 Å². The number of carboxylic acids is 1. The van der Waals surface area contributed by atoms with Crippen molar-refractivity contribution >= 4 is 11.9 Å². The van der Waals surface area contributed by atoms with Crippen LogP contribution in [0.3, 0.4) is 0 Å². The standard InChI is InChI=1S/C12H18N2O4/c1-5-9(10(15)16)14-7-6-8(13-14)11(17)18-12(2,3)4/h6-7,9H,5H2,1-4H3,(H,15,16)/t9-/m1/s1. The monoisotopic (exact) mass is 254 g/mol. The van der Waals surface area contributed by atoms with Crippen LogP contribution in [0.5, 0.6) is 0 Å². The van der Waals surface area contributed by atoms with E-state index in [-0.39, 0.29) is 5.69 Å². The van der Waals surface area contributed by atoms with Gasteiger partial charge in [0.15, 0.2) is 5.69 Å². The average molecular weight is 254 g/mol. The van der Waals surface area contributed by atoms with E-state index in [9.17, 15) is 9.59 Å². The van der Waals surface area contributed by atoms with E-state index in [0.717, 1.165) is 0 Å². The van der Waals surface area contributed by atoms with Gasteiger partial charge in [-0.25, -0.2) is 9.59 Å². The summed E-state index contributed by atoms with van der Waals surface area (Å²) in [5.74, 6) is -1.53. The molecule has 0 radical (unpaired) electrons. The first-order valence-corrected chi connectivity index (χ1v) is 5.76. The fourth-order valence-corrected chi connectivity index (χ4v) is 1.43. The van der Waals surface area contributed by atoms with Gasteiger partial charge in [-0.1, -0.05) is 6.92 Å². The minimum atomic E-state index is -0.976. The molecule has 0 aromatic carbocycles. The molecule has 0 amide bonds. The van der Waals surface area contributed by atoms with Crippen molar-refractivity contribution in [3.8, 4) is 0 Å². The van der Waals surface area contributed by atoms with Crippen LogP contribution in [0.1, 0.15) is 50.6 Å². The van der Waals surface area contributed by atoms with Crippen molar-refractivity contribution in [1.82, 2.24) is 9.78 Å². The zero-order valence-corrected chi connectivity index (χ0v) is 11.0. The highest BCUT2D eigenvalue weighted by Crippen LogP contribution is 2.14. The molecule has 100 valence electrons. The lowest BCUT2D eigenvalue weighted by Gasteiger charge is -2.18. The number of carboxylic acid groups (broad SMARTS) is 1. The van der Waals surface area contributed by atoms with E-state index in [2.05, 4.69) is 5.10 Å². The van der Waals surface area contributed by atoms with Crippen molar-refractivity contribution in [2.24, 2.45) is 0 Å². The second kappa shape index (κ2) is 5.20. The molecule has 0 aliphatic carbocycles. The van der Waals surface area contributed by atoms with Gasteiger partial charge in [-0.3, -0.25) is 4.68 Å². The van der Waals surface area contributed by atoms with E-state index in [4.69, 9.17) is 9.84 Å². The van der Waals surface area contributed by atoms with Crippen LogP contribution in [0.4, 0.5) is 0 Å². The highest BCUT2D eigenvalue weighted by molar-refractivity contribution is 5.87. The summed E-state index contributed by atoms with van der Waals surface area (Å²) in [7, 11) is 0. The van der Waals surface area contributed by atoms with E-state index >= 15 is 0 Å². The molecule has 0 aliphatic heterocycles. The molecule has 6 heteroatoms. The molecule has 0 unspecified atom stereocenters.